The molecule has 0 radical (unpaired) electrons. The number of imidazole rings is 1. The zero-order chi connectivity index (χ0) is 33.7. The van der Waals surface area contributed by atoms with Gasteiger partial charge in [-0.15, -0.1) is 5.75 Å². The highest BCUT2D eigenvalue weighted by Gasteiger charge is 2.30. The monoisotopic (exact) mass is 653 g/mol. The summed E-state index contributed by atoms with van der Waals surface area (Å²) < 4.78 is 13.2. The van der Waals surface area contributed by atoms with Crippen LogP contribution in [0.5, 0.6) is 5.75 Å². The van der Waals surface area contributed by atoms with E-state index in [1.54, 1.807) is 35.2 Å². The average Bonchev–Trinajstić information content (AvgIpc) is 3.68. The van der Waals surface area contributed by atoms with Crippen LogP contribution < -0.4 is 20.8 Å². The molecule has 7 rings (SSSR count). The number of benzene rings is 3. The second kappa shape index (κ2) is 11.8. The fourth-order valence-corrected chi connectivity index (χ4v) is 6.26. The maximum Gasteiger partial charge on any atom is 0.347 e. The molecule has 0 aliphatic carbocycles. The third-order valence-corrected chi connectivity index (χ3v) is 8.68. The Morgan fingerprint density at radius 1 is 1.04 bits per heavy atom. The van der Waals surface area contributed by atoms with E-state index in [1.165, 1.54) is 18.2 Å². The minimum Gasteiger partial charge on any atom is -0.872 e. The van der Waals surface area contributed by atoms with Gasteiger partial charge in [-0.05, 0) is 36.4 Å². The van der Waals surface area contributed by atoms with Gasteiger partial charge in [0.1, 0.15) is 17.0 Å². The molecule has 1 aliphatic rings. The van der Waals surface area contributed by atoms with E-state index in [4.69, 9.17) is 14.0 Å². The molecule has 4 heterocycles. The first-order valence-electron chi connectivity index (χ1n) is 15.5. The molecular formula is C33H33N8O7+. The first-order chi connectivity index (χ1) is 23.0. The highest BCUT2D eigenvalue weighted by Crippen LogP contribution is 2.31. The number of carbonyl (C=O) groups is 1. The van der Waals surface area contributed by atoms with Gasteiger partial charge in [0, 0.05) is 56.2 Å². The minimum atomic E-state index is -0.598. The van der Waals surface area contributed by atoms with E-state index in [2.05, 4.69) is 31.5 Å². The highest BCUT2D eigenvalue weighted by atomic mass is 16.6. The Morgan fingerprint density at radius 2 is 1.83 bits per heavy atom. The molecule has 1 amide bonds. The van der Waals surface area contributed by atoms with Crippen molar-refractivity contribution >= 4 is 50.3 Å². The molecule has 0 spiro atoms. The number of nitro groups is 1. The van der Waals surface area contributed by atoms with E-state index >= 15 is 0 Å². The van der Waals surface area contributed by atoms with Crippen LogP contribution in [0.2, 0.25) is 0 Å². The number of piperazine rings is 1. The first kappa shape index (κ1) is 30.8. The summed E-state index contributed by atoms with van der Waals surface area (Å²) >= 11 is 0. The van der Waals surface area contributed by atoms with Crippen molar-refractivity contribution < 1.29 is 33.5 Å². The lowest BCUT2D eigenvalue weighted by molar-refractivity contribution is -0.870. The number of hydrogen-bond acceptors (Lipinski definition) is 10. The molecule has 15 heteroatoms. The lowest BCUT2D eigenvalue weighted by Crippen LogP contribution is -2.48. The van der Waals surface area contributed by atoms with Crippen LogP contribution in [-0.2, 0) is 6.54 Å². The van der Waals surface area contributed by atoms with Gasteiger partial charge in [-0.1, -0.05) is 21.9 Å². The van der Waals surface area contributed by atoms with Crippen molar-refractivity contribution in [2.24, 2.45) is 0 Å². The molecule has 0 atom stereocenters. The molecular weight excluding hydrogens is 620 g/mol. The van der Waals surface area contributed by atoms with Crippen LogP contribution >= 0.6 is 0 Å². The van der Waals surface area contributed by atoms with Crippen LogP contribution in [-0.4, -0.2) is 88.8 Å². The van der Waals surface area contributed by atoms with Gasteiger partial charge in [-0.3, -0.25) is 14.9 Å². The number of aryl methyl sites for hydroxylation is 1. The predicted octanol–water partition coefficient (Wildman–Crippen LogP) is 2.81. The summed E-state index contributed by atoms with van der Waals surface area (Å²) in [6.07, 6.45) is 0.818. The minimum absolute atomic E-state index is 0.127. The zero-order valence-electron chi connectivity index (χ0n) is 26.6. The number of non-ortho nitro benzene ring substituents is 1. The van der Waals surface area contributed by atoms with Crippen LogP contribution in [0.25, 0.3) is 44.4 Å². The zero-order valence-corrected chi connectivity index (χ0v) is 26.6. The maximum absolute atomic E-state index is 13.7. The number of H-pyrrole nitrogens is 1. The normalized spacial score (nSPS) is 14.0. The molecule has 3 aromatic carbocycles. The van der Waals surface area contributed by atoms with E-state index in [-0.39, 0.29) is 34.0 Å². The van der Waals surface area contributed by atoms with Gasteiger partial charge in [0.05, 0.1) is 49.3 Å². The Morgan fingerprint density at radius 3 is 2.58 bits per heavy atom. The quantitative estimate of drug-likeness (QED) is 0.103. The molecule has 1 fully saturated rings. The largest absolute Gasteiger partial charge is 0.872 e. The fourth-order valence-electron chi connectivity index (χ4n) is 6.26. The van der Waals surface area contributed by atoms with Crippen molar-refractivity contribution in [1.29, 1.82) is 0 Å². The number of carbonyl (C=O) groups excluding carboxylic acids is 1. The van der Waals surface area contributed by atoms with Gasteiger partial charge >= 0.3 is 16.8 Å². The van der Waals surface area contributed by atoms with Crippen LogP contribution in [0.15, 0.2) is 68.4 Å². The first-order valence-corrected chi connectivity index (χ1v) is 15.5. The highest BCUT2D eigenvalue weighted by molar-refractivity contribution is 5.98. The number of fused-ring (bicyclic) bond motifs is 3. The topological polar surface area (TPSA) is 178 Å². The van der Waals surface area contributed by atoms with Gasteiger partial charge < -0.3 is 28.4 Å². The number of rotatable bonds is 8. The number of aromatic nitrogens is 4. The molecule has 3 aromatic heterocycles. The summed E-state index contributed by atoms with van der Waals surface area (Å²) in [5, 5.41) is 30.3. The number of nitrogens with one attached hydrogen (secondary N) is 1. The van der Waals surface area contributed by atoms with E-state index in [9.17, 15) is 24.8 Å². The van der Waals surface area contributed by atoms with E-state index in [1.807, 2.05) is 15.5 Å². The second-order valence-electron chi connectivity index (χ2n) is 13.0. The Kier molecular flexibility index (Phi) is 7.55. The number of nitrogens with zero attached hydrogens (tertiary/aromatic N) is 7. The van der Waals surface area contributed by atoms with E-state index in [0.717, 1.165) is 23.0 Å². The smallest absolute Gasteiger partial charge is 0.347 e. The molecule has 6 aromatic rings. The van der Waals surface area contributed by atoms with Crippen molar-refractivity contribution in [3.8, 4) is 17.1 Å². The van der Waals surface area contributed by atoms with Crippen molar-refractivity contribution in [3.05, 3.63) is 80.7 Å². The van der Waals surface area contributed by atoms with E-state index in [0.29, 0.717) is 66.2 Å². The van der Waals surface area contributed by atoms with Crippen LogP contribution in [0, 0.1) is 10.1 Å². The lowest BCUT2D eigenvalue weighted by Gasteiger charge is -2.35. The number of quaternary nitrogens is 1. The number of amides is 1. The standard InChI is InChI=1S/C33H32N8O7/c1-41(2,3)16-4-11-39-25-8-6-21(18-24(25)34-31(39)23-17-20-5-7-22(42)19-28(20)47-33(23)44)32(43)38-14-12-37(13-15-38)26-9-10-27(40(45)46)30-29(26)35-48-36-30/h5-10,17-19H,4,11-16H2,1-3H3/p+1. The molecule has 0 unspecified atom stereocenters. The molecule has 1 N–H and O–H groups in total. The van der Waals surface area contributed by atoms with Crippen molar-refractivity contribution in [3.63, 3.8) is 0 Å². The molecule has 1 saturated heterocycles. The summed E-state index contributed by atoms with van der Waals surface area (Å²) in [7, 11) is 6.35. The number of hydrogen-bond donors (Lipinski definition) is 0. The summed E-state index contributed by atoms with van der Waals surface area (Å²) in [6.45, 7) is 3.30. The number of nitro benzene ring substituents is 1. The predicted molar refractivity (Wildman–Crippen MR) is 174 cm³/mol. The van der Waals surface area contributed by atoms with Gasteiger partial charge in [0.15, 0.2) is 5.16 Å². The van der Waals surface area contributed by atoms with Crippen molar-refractivity contribution in [1.82, 2.24) is 19.6 Å². The Balaban J connectivity index is 1.17. The molecule has 1 aliphatic heterocycles. The summed E-state index contributed by atoms with van der Waals surface area (Å²) in [5.41, 5.74) is 2.85. The summed E-state index contributed by atoms with van der Waals surface area (Å²) in [4.78, 5) is 46.5. The van der Waals surface area contributed by atoms with Crippen LogP contribution in [0.3, 0.4) is 0 Å². The summed E-state index contributed by atoms with van der Waals surface area (Å²) in [6, 6.07) is 14.5. The maximum atomic E-state index is 13.7. The third-order valence-electron chi connectivity index (χ3n) is 8.68. The molecule has 48 heavy (non-hydrogen) atoms. The molecule has 15 nitrogen and oxygen atoms in total. The number of aromatic amines is 1. The summed E-state index contributed by atoms with van der Waals surface area (Å²) in [5.74, 6) is 0.0349. The van der Waals surface area contributed by atoms with Crippen molar-refractivity contribution in [2.75, 3.05) is 58.8 Å². The van der Waals surface area contributed by atoms with Gasteiger partial charge in [-0.25, -0.2) is 9.78 Å². The molecule has 0 bridgehead atoms. The van der Waals surface area contributed by atoms with Gasteiger partial charge in [0.2, 0.25) is 0 Å². The number of anilines is 1. The van der Waals surface area contributed by atoms with Crippen LogP contribution in [0.4, 0.5) is 11.4 Å². The Labute approximate surface area is 272 Å². The van der Waals surface area contributed by atoms with Gasteiger partial charge in [0.25, 0.3) is 11.4 Å². The SMILES string of the molecule is C[N+](C)(C)CCCn1c(-c2cc3ccc([O-])cc3oc2=O)nc2cc(C(=O)N3CCN(c4ccc([N+](=O)[O-])c5[nH+]onc45)CC3)ccc21. The second-order valence-corrected chi connectivity index (χ2v) is 13.0. The fraction of sp³-hybridized carbons (Fsp3) is 0.303. The van der Waals surface area contributed by atoms with Crippen LogP contribution in [0.1, 0.15) is 16.8 Å². The van der Waals surface area contributed by atoms with Gasteiger partial charge in [-0.2, -0.15) is 0 Å². The van der Waals surface area contributed by atoms with Crippen molar-refractivity contribution in [2.45, 2.75) is 13.0 Å². The average molecular weight is 654 g/mol. The Bertz CT molecular complexity index is 2280. The molecule has 246 valence electrons. The lowest BCUT2D eigenvalue weighted by atomic mass is 10.1. The molecule has 0 saturated carbocycles. The van der Waals surface area contributed by atoms with E-state index < -0.39 is 10.5 Å². The Hall–Kier alpha value is -5.83. The third kappa shape index (κ3) is 5.68.